The van der Waals surface area contributed by atoms with Gasteiger partial charge < -0.3 is 9.88 Å². The molecule has 0 fully saturated rings. The Balaban J connectivity index is 1.69. The number of anilines is 1. The predicted octanol–water partition coefficient (Wildman–Crippen LogP) is 5.75. The molecule has 8 heteroatoms. The van der Waals surface area contributed by atoms with Gasteiger partial charge >= 0.3 is 0 Å². The van der Waals surface area contributed by atoms with Crippen molar-refractivity contribution in [1.82, 2.24) is 19.8 Å². The van der Waals surface area contributed by atoms with Crippen molar-refractivity contribution in [2.24, 2.45) is 5.92 Å². The van der Waals surface area contributed by atoms with Crippen molar-refractivity contribution in [3.8, 4) is 6.07 Å². The Morgan fingerprint density at radius 1 is 1.02 bits per heavy atom. The van der Waals surface area contributed by atoms with Crippen LogP contribution in [0.3, 0.4) is 0 Å². The molecule has 1 aromatic heterocycles. The van der Waals surface area contributed by atoms with Crippen LogP contribution in [0.1, 0.15) is 57.7 Å². The van der Waals surface area contributed by atoms with Gasteiger partial charge in [-0.1, -0.05) is 74.9 Å². The molecule has 0 radical (unpaired) electrons. The van der Waals surface area contributed by atoms with E-state index in [1.165, 1.54) is 0 Å². The van der Waals surface area contributed by atoms with Gasteiger partial charge in [0.25, 0.3) is 0 Å². The van der Waals surface area contributed by atoms with E-state index in [1.54, 1.807) is 31.6 Å². The molecule has 224 valence electrons. The van der Waals surface area contributed by atoms with Crippen LogP contribution in [0.15, 0.2) is 79.3 Å². The molecule has 8 nitrogen and oxygen atoms in total. The lowest BCUT2D eigenvalue weighted by molar-refractivity contribution is -0.123. The van der Waals surface area contributed by atoms with Gasteiger partial charge in [0.1, 0.15) is 5.82 Å². The number of nitrogens with one attached hydrogen (secondary N) is 1. The molecule has 4 aromatic rings. The first kappa shape index (κ1) is 31.5. The van der Waals surface area contributed by atoms with Crippen LogP contribution in [0.5, 0.6) is 0 Å². The molecule has 1 N–H and O–H groups in total. The highest BCUT2D eigenvalue weighted by Gasteiger charge is 2.32. The lowest BCUT2D eigenvalue weighted by Crippen LogP contribution is -2.52. The van der Waals surface area contributed by atoms with E-state index >= 15 is 0 Å². The summed E-state index contributed by atoms with van der Waals surface area (Å²) < 4.78 is 1.97. The maximum atomic E-state index is 13.4. The van der Waals surface area contributed by atoms with E-state index in [1.807, 2.05) is 47.6 Å². The van der Waals surface area contributed by atoms with Gasteiger partial charge in [0, 0.05) is 26.1 Å². The van der Waals surface area contributed by atoms with Gasteiger partial charge in [0.2, 0.25) is 11.8 Å². The van der Waals surface area contributed by atoms with E-state index in [4.69, 9.17) is 0 Å². The maximum absolute atomic E-state index is 13.4. The smallest absolute Gasteiger partial charge is 0.234 e. The van der Waals surface area contributed by atoms with Crippen molar-refractivity contribution >= 4 is 28.4 Å². The summed E-state index contributed by atoms with van der Waals surface area (Å²) in [5.74, 6) is 0.728. The van der Waals surface area contributed by atoms with Crippen molar-refractivity contribution in [3.63, 3.8) is 0 Å². The summed E-state index contributed by atoms with van der Waals surface area (Å²) in [4.78, 5) is 35.0. The van der Waals surface area contributed by atoms with Crippen molar-refractivity contribution in [3.05, 3.63) is 95.9 Å². The summed E-state index contributed by atoms with van der Waals surface area (Å²) >= 11 is 0. The summed E-state index contributed by atoms with van der Waals surface area (Å²) in [7, 11) is 0. The summed E-state index contributed by atoms with van der Waals surface area (Å²) in [6, 6.07) is 24.0. The molecule has 43 heavy (non-hydrogen) atoms. The monoisotopic (exact) mass is 578 g/mol. The summed E-state index contributed by atoms with van der Waals surface area (Å²) in [5.41, 5.74) is 2.74. The zero-order valence-electron chi connectivity index (χ0n) is 25.8. The molecule has 0 aliphatic rings. The number of imidazole rings is 1. The number of rotatable bonds is 13. The summed E-state index contributed by atoms with van der Waals surface area (Å²) in [6.07, 6.45) is 4.33. The normalized spacial score (nSPS) is 12.7. The van der Waals surface area contributed by atoms with Crippen LogP contribution >= 0.6 is 0 Å². The van der Waals surface area contributed by atoms with Crippen molar-refractivity contribution in [2.45, 2.75) is 66.2 Å². The lowest BCUT2D eigenvalue weighted by atomic mass is 9.96. The molecule has 0 aliphatic heterocycles. The first-order valence-electron chi connectivity index (χ1n) is 15.0. The number of hydrogen-bond acceptors (Lipinski definition) is 5. The van der Waals surface area contributed by atoms with Gasteiger partial charge in [-0.05, 0) is 53.8 Å². The molecule has 0 spiro atoms. The van der Waals surface area contributed by atoms with Crippen LogP contribution in [0.2, 0.25) is 0 Å². The molecule has 4 rings (SSSR count). The molecule has 0 saturated heterocycles. The molecule has 3 aromatic carbocycles. The first-order chi connectivity index (χ1) is 20.7. The average Bonchev–Trinajstić information content (AvgIpc) is 3.43. The van der Waals surface area contributed by atoms with Crippen LogP contribution in [-0.2, 0) is 22.7 Å². The Kier molecular flexibility index (Phi) is 10.7. The van der Waals surface area contributed by atoms with Gasteiger partial charge in [-0.3, -0.25) is 19.4 Å². The Labute approximate surface area is 254 Å². The number of carbonyl (C=O) groups is 2. The Morgan fingerprint density at radius 3 is 2.42 bits per heavy atom. The van der Waals surface area contributed by atoms with Gasteiger partial charge in [-0.25, -0.2) is 4.98 Å². The van der Waals surface area contributed by atoms with E-state index in [9.17, 15) is 14.9 Å². The molecule has 2 unspecified atom stereocenters. The second-order valence-corrected chi connectivity index (χ2v) is 11.6. The fraction of sp³-hybridized carbons (Fsp3) is 0.371. The molecule has 0 aliphatic carbocycles. The van der Waals surface area contributed by atoms with Crippen molar-refractivity contribution in [2.75, 3.05) is 18.0 Å². The highest BCUT2D eigenvalue weighted by Crippen LogP contribution is 2.27. The van der Waals surface area contributed by atoms with E-state index in [-0.39, 0.29) is 36.4 Å². The number of hydrogen-bond donors (Lipinski definition) is 1. The van der Waals surface area contributed by atoms with Gasteiger partial charge in [-0.15, -0.1) is 0 Å². The van der Waals surface area contributed by atoms with Crippen LogP contribution in [0.4, 0.5) is 5.82 Å². The van der Waals surface area contributed by atoms with E-state index in [2.05, 4.69) is 65.4 Å². The van der Waals surface area contributed by atoms with Gasteiger partial charge in [0.15, 0.2) is 0 Å². The van der Waals surface area contributed by atoms with Crippen LogP contribution in [-0.4, -0.2) is 51.4 Å². The maximum Gasteiger partial charge on any atom is 0.234 e. The Bertz CT molecular complexity index is 1560. The topological polar surface area (TPSA) is 94.3 Å². The predicted molar refractivity (Wildman–Crippen MR) is 171 cm³/mol. The van der Waals surface area contributed by atoms with E-state index < -0.39 is 0 Å². The third-order valence-corrected chi connectivity index (χ3v) is 7.88. The quantitative estimate of drug-likeness (QED) is 0.218. The zero-order valence-corrected chi connectivity index (χ0v) is 25.8. The fourth-order valence-corrected chi connectivity index (χ4v) is 5.56. The molecule has 2 atom stereocenters. The molecular weight excluding hydrogens is 536 g/mol. The third kappa shape index (κ3) is 8.08. The van der Waals surface area contributed by atoms with E-state index in [0.29, 0.717) is 31.0 Å². The highest BCUT2D eigenvalue weighted by atomic mass is 16.2. The number of carbonyl (C=O) groups excluding carboxylic acids is 2. The van der Waals surface area contributed by atoms with Crippen LogP contribution in [0, 0.1) is 17.2 Å². The van der Waals surface area contributed by atoms with Gasteiger partial charge in [0.05, 0.1) is 43.3 Å². The third-order valence-electron chi connectivity index (χ3n) is 7.88. The Morgan fingerprint density at radius 2 is 1.74 bits per heavy atom. The minimum atomic E-state index is -0.208. The molecular formula is C35H42N6O2. The molecule has 1 heterocycles. The number of aromatic nitrogens is 2. The molecule has 0 bridgehead atoms. The first-order valence-corrected chi connectivity index (χ1v) is 15.0. The SMILES string of the molecule is CCC(C)C(CN(CC(=O)NC(C)C)Cc1cccc2ccccc12)N(C(C)=O)c1cncn1Cc1ccc(C#N)cc1. The number of fused-ring (bicyclic) bond motifs is 1. The van der Waals surface area contributed by atoms with E-state index in [0.717, 1.165) is 28.3 Å². The number of nitrogens with zero attached hydrogens (tertiary/aromatic N) is 5. The van der Waals surface area contributed by atoms with Gasteiger partial charge in [-0.2, -0.15) is 5.26 Å². The minimum Gasteiger partial charge on any atom is -0.353 e. The largest absolute Gasteiger partial charge is 0.353 e. The van der Waals surface area contributed by atoms with Crippen molar-refractivity contribution in [1.29, 1.82) is 5.26 Å². The van der Waals surface area contributed by atoms with Crippen LogP contribution < -0.4 is 10.2 Å². The summed E-state index contributed by atoms with van der Waals surface area (Å²) in [5, 5.41) is 14.5. The number of amides is 2. The second kappa shape index (κ2) is 14.6. The number of nitriles is 1. The average molecular weight is 579 g/mol. The molecule has 0 saturated carbocycles. The highest BCUT2D eigenvalue weighted by molar-refractivity contribution is 5.91. The summed E-state index contributed by atoms with van der Waals surface area (Å²) in [6.45, 7) is 11.6. The zero-order chi connectivity index (χ0) is 30.9. The minimum absolute atomic E-state index is 0.0302. The standard InChI is InChI=1S/C35H42N6O2/c1-6-26(4)33(41(27(5)42)35-19-37-24-40(35)20-29-16-14-28(18-36)15-17-29)22-39(23-34(43)38-25(2)3)21-31-12-9-11-30-10-7-8-13-32(30)31/h7-17,19,24-26,33H,6,20-23H2,1-5H3,(H,38,43). The second-order valence-electron chi connectivity index (χ2n) is 11.6. The Hall–Kier alpha value is -4.48. The lowest BCUT2D eigenvalue weighted by Gasteiger charge is -2.38. The molecule has 2 amide bonds. The van der Waals surface area contributed by atoms with Crippen LogP contribution in [0.25, 0.3) is 10.8 Å². The number of benzene rings is 3. The fourth-order valence-electron chi connectivity index (χ4n) is 5.56. The van der Waals surface area contributed by atoms with Crippen molar-refractivity contribution < 1.29 is 9.59 Å².